The Morgan fingerprint density at radius 3 is 1.69 bits per heavy atom. The van der Waals surface area contributed by atoms with Gasteiger partial charge < -0.3 is 25.5 Å². The van der Waals surface area contributed by atoms with Gasteiger partial charge in [0.25, 0.3) is 0 Å². The third-order valence-electron chi connectivity index (χ3n) is 6.79. The number of rotatable bonds is 20. The SMILES string of the molecule is C\C(=C/C=C/C=C/CC/C=C/C(C)C(O)C(C)C(O)/C=C/C=C/C=C/C=C/C=C/C=C/CC(O)C(C)C(C)O)C(=O)O. The highest BCUT2D eigenvalue weighted by Gasteiger charge is 2.24. The summed E-state index contributed by atoms with van der Waals surface area (Å²) in [7, 11) is 0. The highest BCUT2D eigenvalue weighted by molar-refractivity contribution is 5.86. The van der Waals surface area contributed by atoms with Crippen molar-refractivity contribution in [2.45, 2.75) is 78.3 Å². The molecule has 0 aromatic carbocycles. The average molecular weight is 581 g/mol. The average Bonchev–Trinajstić information content (AvgIpc) is 2.96. The molecule has 0 aromatic rings. The van der Waals surface area contributed by atoms with Crippen molar-refractivity contribution in [2.24, 2.45) is 17.8 Å². The molecule has 0 aliphatic heterocycles. The van der Waals surface area contributed by atoms with Gasteiger partial charge in [0.15, 0.2) is 0 Å². The summed E-state index contributed by atoms with van der Waals surface area (Å²) < 4.78 is 0. The van der Waals surface area contributed by atoms with Gasteiger partial charge in [-0.15, -0.1) is 0 Å². The fraction of sp³-hybridized carbons (Fsp3) is 0.417. The van der Waals surface area contributed by atoms with E-state index < -0.39 is 30.4 Å². The lowest BCUT2D eigenvalue weighted by Gasteiger charge is -2.25. The molecule has 0 fully saturated rings. The quantitative estimate of drug-likeness (QED) is 0.0481. The summed E-state index contributed by atoms with van der Waals surface area (Å²) in [5.41, 5.74) is 0.284. The van der Waals surface area contributed by atoms with Crippen LogP contribution in [-0.4, -0.2) is 55.9 Å². The maximum atomic E-state index is 10.7. The summed E-state index contributed by atoms with van der Waals surface area (Å²) in [5.74, 6) is -1.52. The Morgan fingerprint density at radius 1 is 0.619 bits per heavy atom. The van der Waals surface area contributed by atoms with Crippen molar-refractivity contribution in [1.82, 2.24) is 0 Å². The first-order valence-electron chi connectivity index (χ1n) is 14.6. The van der Waals surface area contributed by atoms with E-state index in [-0.39, 0.29) is 23.3 Å². The number of carboxylic acid groups (broad SMARTS) is 1. The molecule has 0 bridgehead atoms. The summed E-state index contributed by atoms with van der Waals surface area (Å²) in [4.78, 5) is 10.7. The Kier molecular flexibility index (Phi) is 22.4. The van der Waals surface area contributed by atoms with Gasteiger partial charge in [-0.3, -0.25) is 0 Å². The molecule has 0 saturated carbocycles. The molecule has 232 valence electrons. The first-order valence-corrected chi connectivity index (χ1v) is 14.6. The standard InChI is InChI=1S/C36H52O6/c1-28(24-20-16-12-11-13-17-21-25-29(2)36(41)42)35(40)31(4)34(39)27-23-19-15-10-8-6-7-9-14-18-22-26-33(38)30(3)32(5)37/h6-11,13-15,17-25,27-28,30-35,37-40H,12,16,26H2,1-5H3,(H,41,42)/b7-6+,10-8+,13-11+,14-9+,19-15+,21-17+,22-18+,24-20+,27-23+,29-25+. The van der Waals surface area contributed by atoms with Crippen LogP contribution in [0.3, 0.4) is 0 Å². The van der Waals surface area contributed by atoms with Gasteiger partial charge in [0.2, 0.25) is 0 Å². The van der Waals surface area contributed by atoms with E-state index >= 15 is 0 Å². The smallest absolute Gasteiger partial charge is 0.331 e. The molecule has 0 heterocycles. The largest absolute Gasteiger partial charge is 0.478 e. The van der Waals surface area contributed by atoms with Gasteiger partial charge in [0.05, 0.1) is 24.4 Å². The maximum Gasteiger partial charge on any atom is 0.331 e. The summed E-state index contributed by atoms with van der Waals surface area (Å²) in [6.45, 7) is 8.81. The Labute approximate surface area is 253 Å². The molecule has 0 spiro atoms. The van der Waals surface area contributed by atoms with Crippen molar-refractivity contribution in [1.29, 1.82) is 0 Å². The van der Waals surface area contributed by atoms with Crippen LogP contribution in [0.2, 0.25) is 0 Å². The number of unbranched alkanes of at least 4 members (excludes halogenated alkanes) is 1. The molecule has 7 atom stereocenters. The molecular formula is C36H52O6. The number of hydrogen-bond acceptors (Lipinski definition) is 5. The third-order valence-corrected chi connectivity index (χ3v) is 6.79. The highest BCUT2D eigenvalue weighted by Crippen LogP contribution is 2.19. The van der Waals surface area contributed by atoms with Gasteiger partial charge in [0, 0.05) is 23.3 Å². The number of aliphatic hydroxyl groups is 4. The molecule has 0 saturated heterocycles. The van der Waals surface area contributed by atoms with Gasteiger partial charge in [-0.2, -0.15) is 0 Å². The second-order valence-corrected chi connectivity index (χ2v) is 10.4. The number of hydrogen-bond donors (Lipinski definition) is 5. The van der Waals surface area contributed by atoms with Crippen LogP contribution in [0.4, 0.5) is 0 Å². The van der Waals surface area contributed by atoms with E-state index in [9.17, 15) is 25.2 Å². The van der Waals surface area contributed by atoms with Gasteiger partial charge >= 0.3 is 5.97 Å². The van der Waals surface area contributed by atoms with Crippen molar-refractivity contribution in [3.63, 3.8) is 0 Å². The monoisotopic (exact) mass is 580 g/mol. The topological polar surface area (TPSA) is 118 Å². The summed E-state index contributed by atoms with van der Waals surface area (Å²) in [6.07, 6.45) is 34.6. The molecule has 0 aromatic heterocycles. The normalized spacial score (nSPS) is 19.1. The van der Waals surface area contributed by atoms with Crippen LogP contribution in [0.25, 0.3) is 0 Å². The van der Waals surface area contributed by atoms with Crippen LogP contribution in [0.5, 0.6) is 0 Å². The van der Waals surface area contributed by atoms with Crippen molar-refractivity contribution in [3.8, 4) is 0 Å². The molecule has 6 nitrogen and oxygen atoms in total. The van der Waals surface area contributed by atoms with Gasteiger partial charge in [-0.25, -0.2) is 4.79 Å². The second-order valence-electron chi connectivity index (χ2n) is 10.4. The predicted molar refractivity (Wildman–Crippen MR) is 175 cm³/mol. The highest BCUT2D eigenvalue weighted by atomic mass is 16.4. The first-order chi connectivity index (χ1) is 20.0. The molecule has 0 aliphatic carbocycles. The Morgan fingerprint density at radius 2 is 1.12 bits per heavy atom. The van der Waals surface area contributed by atoms with Gasteiger partial charge in [-0.1, -0.05) is 136 Å². The zero-order chi connectivity index (χ0) is 31.8. The Balaban J connectivity index is 4.37. The zero-order valence-corrected chi connectivity index (χ0v) is 25.8. The number of carbonyl (C=O) groups is 1. The van der Waals surface area contributed by atoms with E-state index in [0.29, 0.717) is 6.42 Å². The fourth-order valence-electron chi connectivity index (χ4n) is 3.51. The van der Waals surface area contributed by atoms with Crippen molar-refractivity contribution >= 4 is 5.97 Å². The van der Waals surface area contributed by atoms with E-state index in [4.69, 9.17) is 5.11 Å². The van der Waals surface area contributed by atoms with Crippen LogP contribution < -0.4 is 0 Å². The summed E-state index contributed by atoms with van der Waals surface area (Å²) in [5, 5.41) is 49.2. The van der Waals surface area contributed by atoms with Crippen molar-refractivity contribution < 1.29 is 30.3 Å². The lowest BCUT2D eigenvalue weighted by Crippen LogP contribution is -2.32. The lowest BCUT2D eigenvalue weighted by molar-refractivity contribution is -0.132. The fourth-order valence-corrected chi connectivity index (χ4v) is 3.51. The maximum absolute atomic E-state index is 10.7. The summed E-state index contributed by atoms with van der Waals surface area (Å²) >= 11 is 0. The van der Waals surface area contributed by atoms with Gasteiger partial charge in [-0.05, 0) is 33.1 Å². The van der Waals surface area contributed by atoms with E-state index in [1.54, 1.807) is 44.2 Å². The molecule has 42 heavy (non-hydrogen) atoms. The predicted octanol–water partition coefficient (Wildman–Crippen LogP) is 6.57. The van der Waals surface area contributed by atoms with Crippen LogP contribution in [0.1, 0.15) is 53.9 Å². The molecule has 0 amide bonds. The third kappa shape index (κ3) is 19.7. The number of aliphatic hydroxyl groups excluding tert-OH is 4. The lowest BCUT2D eigenvalue weighted by atomic mass is 9.88. The van der Waals surface area contributed by atoms with Gasteiger partial charge in [0.1, 0.15) is 0 Å². The van der Waals surface area contributed by atoms with E-state index in [1.165, 1.54) is 0 Å². The molecular weight excluding hydrogens is 528 g/mol. The second kappa shape index (κ2) is 24.3. The molecule has 0 rings (SSSR count). The minimum absolute atomic E-state index is 0.101. The zero-order valence-electron chi connectivity index (χ0n) is 25.8. The van der Waals surface area contributed by atoms with Crippen LogP contribution in [0, 0.1) is 17.8 Å². The molecule has 5 N–H and O–H groups in total. The molecule has 6 heteroatoms. The van der Waals surface area contributed by atoms with Crippen LogP contribution in [-0.2, 0) is 4.79 Å². The minimum Gasteiger partial charge on any atom is -0.478 e. The number of aliphatic carboxylic acids is 1. The Bertz CT molecular complexity index is 1040. The number of allylic oxidation sites excluding steroid dienone is 16. The van der Waals surface area contributed by atoms with E-state index in [2.05, 4.69) is 0 Å². The molecule has 0 aliphatic rings. The minimum atomic E-state index is -0.929. The summed E-state index contributed by atoms with van der Waals surface area (Å²) in [6, 6.07) is 0. The van der Waals surface area contributed by atoms with Crippen LogP contribution >= 0.6 is 0 Å². The van der Waals surface area contributed by atoms with E-state index in [1.807, 2.05) is 106 Å². The van der Waals surface area contributed by atoms with E-state index in [0.717, 1.165) is 12.8 Å². The molecule has 7 unspecified atom stereocenters. The molecule has 0 radical (unpaired) electrons. The van der Waals surface area contributed by atoms with Crippen molar-refractivity contribution in [3.05, 3.63) is 121 Å². The number of carboxylic acids is 1. The first kappa shape index (κ1) is 38.7. The Hall–Kier alpha value is -3.29. The van der Waals surface area contributed by atoms with Crippen LogP contribution in [0.15, 0.2) is 121 Å². The van der Waals surface area contributed by atoms with Crippen molar-refractivity contribution in [2.75, 3.05) is 0 Å².